The standard InChI is InChI=1S/C16H22N2O3/c1-11-3-2-6-18(13(11)10-17)16(19)12-4-5-14-15(9-12)21-8-7-20-14/h4-5,9,11,13H,2-3,6-8,10,17H2,1H3. The molecule has 0 saturated carbocycles. The van der Waals surface area contributed by atoms with Crippen molar-refractivity contribution in [2.24, 2.45) is 11.7 Å². The first-order valence-corrected chi connectivity index (χ1v) is 7.61. The van der Waals surface area contributed by atoms with Gasteiger partial charge in [0.2, 0.25) is 0 Å². The Morgan fingerprint density at radius 3 is 2.86 bits per heavy atom. The summed E-state index contributed by atoms with van der Waals surface area (Å²) in [6.45, 7) is 4.54. The molecule has 1 aromatic rings. The Labute approximate surface area is 125 Å². The number of hydrogen-bond acceptors (Lipinski definition) is 4. The van der Waals surface area contributed by atoms with Crippen LogP contribution >= 0.6 is 0 Å². The molecule has 1 saturated heterocycles. The summed E-state index contributed by atoms with van der Waals surface area (Å²) in [7, 11) is 0. The molecule has 1 aromatic carbocycles. The van der Waals surface area contributed by atoms with Crippen molar-refractivity contribution < 1.29 is 14.3 Å². The van der Waals surface area contributed by atoms with Crippen LogP contribution in [0.4, 0.5) is 0 Å². The van der Waals surface area contributed by atoms with Crippen molar-refractivity contribution >= 4 is 5.91 Å². The summed E-state index contributed by atoms with van der Waals surface area (Å²) in [5.74, 6) is 1.85. The zero-order valence-corrected chi connectivity index (χ0v) is 12.4. The van der Waals surface area contributed by atoms with E-state index in [0.29, 0.717) is 42.7 Å². The van der Waals surface area contributed by atoms with Crippen molar-refractivity contribution in [3.8, 4) is 11.5 Å². The van der Waals surface area contributed by atoms with Gasteiger partial charge in [0.15, 0.2) is 11.5 Å². The summed E-state index contributed by atoms with van der Waals surface area (Å²) in [6, 6.07) is 5.53. The maximum absolute atomic E-state index is 12.8. The second kappa shape index (κ2) is 5.93. The molecule has 2 aliphatic rings. The van der Waals surface area contributed by atoms with Gasteiger partial charge in [0.1, 0.15) is 13.2 Å². The lowest BCUT2D eigenvalue weighted by molar-refractivity contribution is 0.0531. The molecule has 0 radical (unpaired) electrons. The minimum Gasteiger partial charge on any atom is -0.486 e. The first kappa shape index (κ1) is 14.2. The molecule has 0 spiro atoms. The second-order valence-electron chi connectivity index (χ2n) is 5.78. The first-order valence-electron chi connectivity index (χ1n) is 7.61. The predicted octanol–water partition coefficient (Wildman–Crippen LogP) is 1.66. The lowest BCUT2D eigenvalue weighted by atomic mass is 9.90. The normalized spacial score (nSPS) is 24.8. The Morgan fingerprint density at radius 2 is 2.10 bits per heavy atom. The quantitative estimate of drug-likeness (QED) is 0.899. The monoisotopic (exact) mass is 290 g/mol. The number of fused-ring (bicyclic) bond motifs is 1. The molecule has 2 unspecified atom stereocenters. The zero-order chi connectivity index (χ0) is 14.8. The van der Waals surface area contributed by atoms with E-state index in [1.165, 1.54) is 0 Å². The number of amides is 1. The summed E-state index contributed by atoms with van der Waals surface area (Å²) in [5, 5.41) is 0. The van der Waals surface area contributed by atoms with Gasteiger partial charge in [0.25, 0.3) is 5.91 Å². The average Bonchev–Trinajstić information content (AvgIpc) is 2.53. The third-order valence-electron chi connectivity index (χ3n) is 4.41. The van der Waals surface area contributed by atoms with Crippen LogP contribution in [0.15, 0.2) is 18.2 Å². The molecule has 21 heavy (non-hydrogen) atoms. The van der Waals surface area contributed by atoms with Crippen molar-refractivity contribution in [1.29, 1.82) is 0 Å². The number of rotatable bonds is 2. The van der Waals surface area contributed by atoms with Crippen LogP contribution in [0, 0.1) is 5.92 Å². The summed E-state index contributed by atoms with van der Waals surface area (Å²) in [6.07, 6.45) is 2.17. The highest BCUT2D eigenvalue weighted by atomic mass is 16.6. The highest BCUT2D eigenvalue weighted by molar-refractivity contribution is 5.95. The first-order chi connectivity index (χ1) is 10.2. The van der Waals surface area contributed by atoms with E-state index < -0.39 is 0 Å². The van der Waals surface area contributed by atoms with Crippen LogP contribution in [0.2, 0.25) is 0 Å². The van der Waals surface area contributed by atoms with Gasteiger partial charge in [-0.2, -0.15) is 0 Å². The van der Waals surface area contributed by atoms with Crippen LogP contribution in [0.3, 0.4) is 0 Å². The van der Waals surface area contributed by atoms with E-state index in [0.717, 1.165) is 19.4 Å². The van der Waals surface area contributed by atoms with Crippen molar-refractivity contribution in [3.63, 3.8) is 0 Å². The molecule has 0 aliphatic carbocycles. The molecule has 2 atom stereocenters. The highest BCUT2D eigenvalue weighted by Gasteiger charge is 2.31. The van der Waals surface area contributed by atoms with Crippen molar-refractivity contribution in [1.82, 2.24) is 4.90 Å². The number of hydrogen-bond donors (Lipinski definition) is 1. The largest absolute Gasteiger partial charge is 0.486 e. The van der Waals surface area contributed by atoms with E-state index in [1.807, 2.05) is 17.0 Å². The fraction of sp³-hybridized carbons (Fsp3) is 0.562. The highest BCUT2D eigenvalue weighted by Crippen LogP contribution is 2.32. The number of nitrogens with zero attached hydrogens (tertiary/aromatic N) is 1. The summed E-state index contributed by atoms with van der Waals surface area (Å²) in [4.78, 5) is 14.7. The molecular weight excluding hydrogens is 268 g/mol. The van der Waals surface area contributed by atoms with E-state index in [4.69, 9.17) is 15.2 Å². The summed E-state index contributed by atoms with van der Waals surface area (Å²) >= 11 is 0. The molecule has 2 heterocycles. The van der Waals surface area contributed by atoms with Crippen LogP contribution < -0.4 is 15.2 Å². The van der Waals surface area contributed by atoms with Crippen molar-refractivity contribution in [2.45, 2.75) is 25.8 Å². The van der Waals surface area contributed by atoms with Crippen LogP contribution in [-0.4, -0.2) is 43.2 Å². The van der Waals surface area contributed by atoms with Gasteiger partial charge >= 0.3 is 0 Å². The van der Waals surface area contributed by atoms with Gasteiger partial charge in [-0.05, 0) is 37.0 Å². The van der Waals surface area contributed by atoms with Gasteiger partial charge in [-0.15, -0.1) is 0 Å². The van der Waals surface area contributed by atoms with Crippen LogP contribution in [0.5, 0.6) is 11.5 Å². The fourth-order valence-corrected chi connectivity index (χ4v) is 3.20. The lowest BCUT2D eigenvalue weighted by Gasteiger charge is -2.39. The molecule has 3 rings (SSSR count). The Morgan fingerprint density at radius 1 is 1.33 bits per heavy atom. The maximum Gasteiger partial charge on any atom is 0.254 e. The Kier molecular flexibility index (Phi) is 4.01. The van der Waals surface area contributed by atoms with Gasteiger partial charge in [-0.3, -0.25) is 4.79 Å². The molecule has 5 heteroatoms. The number of piperidine rings is 1. The number of nitrogens with two attached hydrogens (primary N) is 1. The molecule has 0 bridgehead atoms. The van der Waals surface area contributed by atoms with Gasteiger partial charge < -0.3 is 20.1 Å². The molecule has 1 fully saturated rings. The van der Waals surface area contributed by atoms with E-state index in [1.54, 1.807) is 6.07 Å². The maximum atomic E-state index is 12.8. The van der Waals surface area contributed by atoms with Crippen LogP contribution in [0.25, 0.3) is 0 Å². The molecule has 1 amide bonds. The third kappa shape index (κ3) is 2.70. The minimum atomic E-state index is 0.0361. The second-order valence-corrected chi connectivity index (χ2v) is 5.78. The summed E-state index contributed by atoms with van der Waals surface area (Å²) in [5.41, 5.74) is 6.52. The third-order valence-corrected chi connectivity index (χ3v) is 4.41. The molecule has 2 N–H and O–H groups in total. The lowest BCUT2D eigenvalue weighted by Crippen LogP contribution is -2.51. The molecule has 5 nitrogen and oxygen atoms in total. The van der Waals surface area contributed by atoms with E-state index >= 15 is 0 Å². The topological polar surface area (TPSA) is 64.8 Å². The van der Waals surface area contributed by atoms with Crippen LogP contribution in [0.1, 0.15) is 30.1 Å². The zero-order valence-electron chi connectivity index (χ0n) is 12.4. The minimum absolute atomic E-state index is 0.0361. The number of ether oxygens (including phenoxy) is 2. The molecule has 114 valence electrons. The van der Waals surface area contributed by atoms with Gasteiger partial charge in [0.05, 0.1) is 0 Å². The Balaban J connectivity index is 1.84. The van der Waals surface area contributed by atoms with Gasteiger partial charge in [-0.1, -0.05) is 6.92 Å². The van der Waals surface area contributed by atoms with Gasteiger partial charge in [0, 0.05) is 24.7 Å². The van der Waals surface area contributed by atoms with Crippen molar-refractivity contribution in [2.75, 3.05) is 26.3 Å². The van der Waals surface area contributed by atoms with Gasteiger partial charge in [-0.25, -0.2) is 0 Å². The Hall–Kier alpha value is -1.75. The predicted molar refractivity (Wildman–Crippen MR) is 79.7 cm³/mol. The van der Waals surface area contributed by atoms with E-state index in [2.05, 4.69) is 6.92 Å². The molecule has 0 aromatic heterocycles. The Bertz CT molecular complexity index is 532. The van der Waals surface area contributed by atoms with E-state index in [-0.39, 0.29) is 11.9 Å². The number of carbonyl (C=O) groups excluding carboxylic acids is 1. The SMILES string of the molecule is CC1CCCN(C(=O)c2ccc3c(c2)OCCO3)C1CN. The fourth-order valence-electron chi connectivity index (χ4n) is 3.20. The number of likely N-dealkylation sites (tertiary alicyclic amines) is 1. The van der Waals surface area contributed by atoms with Crippen molar-refractivity contribution in [3.05, 3.63) is 23.8 Å². The molecule has 2 aliphatic heterocycles. The van der Waals surface area contributed by atoms with Crippen LogP contribution in [-0.2, 0) is 0 Å². The number of carbonyl (C=O) groups is 1. The summed E-state index contributed by atoms with van der Waals surface area (Å²) < 4.78 is 11.0. The average molecular weight is 290 g/mol. The smallest absolute Gasteiger partial charge is 0.254 e. The number of benzene rings is 1. The molecular formula is C16H22N2O3. The van der Waals surface area contributed by atoms with E-state index in [9.17, 15) is 4.79 Å².